The molecule has 4 aromatic rings. The number of para-hydroxylation sites is 1. The van der Waals surface area contributed by atoms with Crippen molar-refractivity contribution in [3.05, 3.63) is 66.8 Å². The van der Waals surface area contributed by atoms with Crippen LogP contribution in [0.25, 0.3) is 22.0 Å². The summed E-state index contributed by atoms with van der Waals surface area (Å²) >= 11 is 0. The average molecular weight is 414 g/mol. The zero-order valence-corrected chi connectivity index (χ0v) is 17.6. The maximum Gasteiger partial charge on any atom is 0.294 e. The van der Waals surface area contributed by atoms with Crippen molar-refractivity contribution in [2.24, 2.45) is 7.05 Å². The lowest BCUT2D eigenvalue weighted by atomic mass is 9.99. The van der Waals surface area contributed by atoms with Crippen LogP contribution in [0.5, 0.6) is 0 Å². The summed E-state index contributed by atoms with van der Waals surface area (Å²) in [7, 11) is 1.91. The van der Waals surface area contributed by atoms with E-state index in [1.165, 1.54) is 6.26 Å². The molecule has 2 aromatic carbocycles. The SMILES string of the molecule is CC(=O)N1c2ccc(-c3cccc4cnn(C)c34)cc2N(C(=O)c2ccco2)C[C@@H]1C. The Kier molecular flexibility index (Phi) is 4.39. The second-order valence-corrected chi connectivity index (χ2v) is 7.85. The third-order valence-electron chi connectivity index (χ3n) is 5.80. The zero-order valence-electron chi connectivity index (χ0n) is 17.6. The van der Waals surface area contributed by atoms with Gasteiger partial charge in [-0.1, -0.05) is 24.3 Å². The quantitative estimate of drug-likeness (QED) is 0.492. The normalized spacial score (nSPS) is 15.9. The lowest BCUT2D eigenvalue weighted by molar-refractivity contribution is -0.117. The molecule has 0 bridgehead atoms. The van der Waals surface area contributed by atoms with E-state index in [0.717, 1.165) is 22.0 Å². The van der Waals surface area contributed by atoms with Gasteiger partial charge >= 0.3 is 0 Å². The van der Waals surface area contributed by atoms with Crippen LogP contribution in [0.2, 0.25) is 0 Å². The van der Waals surface area contributed by atoms with E-state index in [-0.39, 0.29) is 23.6 Å². The Morgan fingerprint density at radius 2 is 1.94 bits per heavy atom. The van der Waals surface area contributed by atoms with E-state index in [2.05, 4.69) is 5.10 Å². The molecule has 2 amide bonds. The molecule has 1 aliphatic heterocycles. The molecule has 0 radical (unpaired) electrons. The van der Waals surface area contributed by atoms with Crippen LogP contribution >= 0.6 is 0 Å². The number of nitrogens with zero attached hydrogens (tertiary/aromatic N) is 4. The second kappa shape index (κ2) is 7.12. The van der Waals surface area contributed by atoms with Gasteiger partial charge in [0.05, 0.1) is 35.4 Å². The van der Waals surface area contributed by atoms with Gasteiger partial charge in [-0.25, -0.2) is 0 Å². The summed E-state index contributed by atoms with van der Waals surface area (Å²) < 4.78 is 7.21. The Bertz CT molecular complexity index is 1310. The topological polar surface area (TPSA) is 71.6 Å². The van der Waals surface area contributed by atoms with Gasteiger partial charge in [0.25, 0.3) is 5.91 Å². The molecular weight excluding hydrogens is 392 g/mol. The van der Waals surface area contributed by atoms with Crippen molar-refractivity contribution in [1.82, 2.24) is 9.78 Å². The highest BCUT2D eigenvalue weighted by Crippen LogP contribution is 2.40. The average Bonchev–Trinajstić information content (AvgIpc) is 3.42. The Morgan fingerprint density at radius 1 is 1.10 bits per heavy atom. The predicted octanol–water partition coefficient (Wildman–Crippen LogP) is 4.24. The Labute approximate surface area is 179 Å². The van der Waals surface area contributed by atoms with E-state index < -0.39 is 0 Å². The molecule has 0 saturated carbocycles. The number of hydrogen-bond acceptors (Lipinski definition) is 4. The van der Waals surface area contributed by atoms with Crippen molar-refractivity contribution in [3.8, 4) is 11.1 Å². The fourth-order valence-electron chi connectivity index (χ4n) is 4.46. The largest absolute Gasteiger partial charge is 0.459 e. The molecule has 0 fully saturated rings. The molecule has 0 saturated heterocycles. The van der Waals surface area contributed by atoms with Crippen molar-refractivity contribution in [1.29, 1.82) is 0 Å². The maximum atomic E-state index is 13.2. The van der Waals surface area contributed by atoms with E-state index in [1.807, 2.05) is 61.2 Å². The fraction of sp³-hybridized carbons (Fsp3) is 0.208. The van der Waals surface area contributed by atoms with Crippen molar-refractivity contribution < 1.29 is 14.0 Å². The first-order valence-electron chi connectivity index (χ1n) is 10.2. The maximum absolute atomic E-state index is 13.2. The predicted molar refractivity (Wildman–Crippen MR) is 119 cm³/mol. The number of hydrogen-bond donors (Lipinski definition) is 0. The second-order valence-electron chi connectivity index (χ2n) is 7.85. The number of benzene rings is 2. The van der Waals surface area contributed by atoms with E-state index in [0.29, 0.717) is 17.9 Å². The molecule has 156 valence electrons. The summed E-state index contributed by atoms with van der Waals surface area (Å²) in [5.74, 6) is -0.00825. The number of aryl methyl sites for hydroxylation is 1. The Balaban J connectivity index is 1.70. The molecule has 7 heteroatoms. The van der Waals surface area contributed by atoms with Crippen LogP contribution in [0.1, 0.15) is 24.4 Å². The van der Waals surface area contributed by atoms with Gasteiger partial charge < -0.3 is 14.2 Å². The molecule has 1 aliphatic rings. The lowest BCUT2D eigenvalue weighted by Crippen LogP contribution is -2.51. The molecule has 0 spiro atoms. The number of anilines is 2. The third-order valence-corrected chi connectivity index (χ3v) is 5.80. The fourth-order valence-corrected chi connectivity index (χ4v) is 4.46. The first-order chi connectivity index (χ1) is 15.0. The summed E-state index contributed by atoms with van der Waals surface area (Å²) in [4.78, 5) is 29.1. The van der Waals surface area contributed by atoms with Crippen molar-refractivity contribution >= 4 is 34.1 Å². The highest BCUT2D eigenvalue weighted by molar-refractivity contribution is 6.10. The van der Waals surface area contributed by atoms with Crippen LogP contribution in [-0.2, 0) is 11.8 Å². The third kappa shape index (κ3) is 3.01. The highest BCUT2D eigenvalue weighted by Gasteiger charge is 2.35. The van der Waals surface area contributed by atoms with Gasteiger partial charge in [0.15, 0.2) is 5.76 Å². The first kappa shape index (κ1) is 19.1. The summed E-state index contributed by atoms with van der Waals surface area (Å²) in [6.45, 7) is 3.87. The van der Waals surface area contributed by atoms with E-state index in [4.69, 9.17) is 4.42 Å². The van der Waals surface area contributed by atoms with Gasteiger partial charge in [-0.2, -0.15) is 5.10 Å². The van der Waals surface area contributed by atoms with Crippen molar-refractivity contribution in [2.45, 2.75) is 19.9 Å². The molecule has 5 rings (SSSR count). The first-order valence-corrected chi connectivity index (χ1v) is 10.2. The van der Waals surface area contributed by atoms with E-state index >= 15 is 0 Å². The van der Waals surface area contributed by atoms with Crippen LogP contribution in [0.4, 0.5) is 11.4 Å². The van der Waals surface area contributed by atoms with Gasteiger partial charge in [0.2, 0.25) is 5.91 Å². The van der Waals surface area contributed by atoms with Crippen molar-refractivity contribution in [2.75, 3.05) is 16.3 Å². The van der Waals surface area contributed by atoms with Crippen LogP contribution in [-0.4, -0.2) is 34.2 Å². The molecular formula is C24H22N4O3. The molecule has 0 aliphatic carbocycles. The number of fused-ring (bicyclic) bond motifs is 2. The smallest absolute Gasteiger partial charge is 0.294 e. The van der Waals surface area contributed by atoms with Gasteiger partial charge in [0.1, 0.15) is 0 Å². The van der Waals surface area contributed by atoms with E-state index in [1.54, 1.807) is 28.9 Å². The van der Waals surface area contributed by atoms with E-state index in [9.17, 15) is 9.59 Å². The summed E-state index contributed by atoms with van der Waals surface area (Å²) in [5, 5.41) is 5.42. The number of carbonyl (C=O) groups excluding carboxylic acids is 2. The van der Waals surface area contributed by atoms with Crippen molar-refractivity contribution in [3.63, 3.8) is 0 Å². The minimum absolute atomic E-state index is 0.0552. The van der Waals surface area contributed by atoms with Gasteiger partial charge in [-0.3, -0.25) is 14.3 Å². The number of rotatable bonds is 2. The lowest BCUT2D eigenvalue weighted by Gasteiger charge is -2.40. The van der Waals surface area contributed by atoms with Crippen LogP contribution in [0, 0.1) is 0 Å². The van der Waals surface area contributed by atoms with Gasteiger partial charge in [0, 0.05) is 31.5 Å². The summed E-state index contributed by atoms with van der Waals surface area (Å²) in [5.41, 5.74) is 4.37. The molecule has 3 heterocycles. The minimum atomic E-state index is -0.225. The Morgan fingerprint density at radius 3 is 2.68 bits per heavy atom. The standard InChI is InChI=1S/C24H22N4O3/c1-15-14-27(24(30)22-8-5-11-31-22)21-12-17(9-10-20(21)28(15)16(2)29)19-7-4-6-18-13-25-26(3)23(18)19/h4-13,15H,14H2,1-3H3/t15-/m0/s1. The molecule has 0 unspecified atom stereocenters. The number of amides is 2. The molecule has 7 nitrogen and oxygen atoms in total. The Hall–Kier alpha value is -3.87. The van der Waals surface area contributed by atoms with Crippen LogP contribution in [0.3, 0.4) is 0 Å². The molecule has 0 N–H and O–H groups in total. The number of furan rings is 1. The van der Waals surface area contributed by atoms with Crippen LogP contribution in [0.15, 0.2) is 65.4 Å². The molecule has 1 atom stereocenters. The van der Waals surface area contributed by atoms with Gasteiger partial charge in [-0.05, 0) is 36.8 Å². The molecule has 2 aromatic heterocycles. The van der Waals surface area contributed by atoms with Gasteiger partial charge in [-0.15, -0.1) is 0 Å². The minimum Gasteiger partial charge on any atom is -0.459 e. The number of carbonyl (C=O) groups is 2. The highest BCUT2D eigenvalue weighted by atomic mass is 16.3. The molecule has 31 heavy (non-hydrogen) atoms. The number of aromatic nitrogens is 2. The summed E-state index contributed by atoms with van der Waals surface area (Å²) in [6, 6.07) is 15.1. The van der Waals surface area contributed by atoms with Crippen LogP contribution < -0.4 is 9.80 Å². The zero-order chi connectivity index (χ0) is 21.7. The summed E-state index contributed by atoms with van der Waals surface area (Å²) in [6.07, 6.45) is 3.33. The monoisotopic (exact) mass is 414 g/mol.